The molecule has 17 heavy (non-hydrogen) atoms. The average Bonchev–Trinajstić information content (AvgIpc) is 2.67. The number of halogens is 1. The molecule has 1 saturated heterocycles. The molecule has 1 aliphatic rings. The zero-order chi connectivity index (χ0) is 11.8. The number of nitrogens with two attached hydrogens (primary N) is 1. The molecule has 0 amide bonds. The summed E-state index contributed by atoms with van der Waals surface area (Å²) in [4.78, 5) is 2.45. The van der Waals surface area contributed by atoms with Gasteiger partial charge in [-0.05, 0) is 24.3 Å². The molecule has 0 bridgehead atoms. The molecule has 2 rings (SSSR count). The van der Waals surface area contributed by atoms with Crippen molar-refractivity contribution < 1.29 is 16.9 Å². The number of likely N-dealkylation sites (N-methyl/N-ethyl adjacent to an activating group) is 1. The number of hydrogen-bond donors (Lipinski definition) is 1. The Morgan fingerprint density at radius 2 is 1.76 bits per heavy atom. The van der Waals surface area contributed by atoms with Crippen LogP contribution in [0.25, 0.3) is 0 Å². The van der Waals surface area contributed by atoms with Gasteiger partial charge in [-0.2, -0.15) is 0 Å². The molecule has 3 nitrogen and oxygen atoms in total. The molecule has 1 aromatic rings. The van der Waals surface area contributed by atoms with Crippen LogP contribution in [0.4, 0.5) is 11.4 Å². The van der Waals surface area contributed by atoms with Gasteiger partial charge in [-0.15, -0.1) is 0 Å². The van der Waals surface area contributed by atoms with E-state index in [9.17, 15) is 0 Å². The Morgan fingerprint density at radius 3 is 2.24 bits per heavy atom. The summed E-state index contributed by atoms with van der Waals surface area (Å²) in [5.74, 6) is 0. The number of benzene rings is 1. The van der Waals surface area contributed by atoms with Crippen LogP contribution in [0, 0.1) is 0 Å². The topological polar surface area (TPSA) is 29.3 Å². The van der Waals surface area contributed by atoms with Crippen molar-refractivity contribution in [2.75, 3.05) is 44.9 Å². The fourth-order valence-corrected chi connectivity index (χ4v) is 2.29. The zero-order valence-electron chi connectivity index (χ0n) is 10.9. The van der Waals surface area contributed by atoms with Crippen LogP contribution in [-0.2, 0) is 0 Å². The van der Waals surface area contributed by atoms with E-state index < -0.39 is 0 Å². The third kappa shape index (κ3) is 3.27. The van der Waals surface area contributed by atoms with Gasteiger partial charge in [0.05, 0.1) is 27.7 Å². The van der Waals surface area contributed by atoms with E-state index in [1.807, 2.05) is 12.1 Å². The van der Waals surface area contributed by atoms with E-state index in [1.165, 1.54) is 12.1 Å². The Hall–Kier alpha value is -0.930. The lowest BCUT2D eigenvalue weighted by molar-refractivity contribution is -0.893. The third-order valence-electron chi connectivity index (χ3n) is 3.52. The number of quaternary nitrogens is 1. The number of hydrogen-bond acceptors (Lipinski definition) is 2. The van der Waals surface area contributed by atoms with Crippen LogP contribution in [0.15, 0.2) is 24.3 Å². The molecule has 1 fully saturated rings. The van der Waals surface area contributed by atoms with Crippen LogP contribution in [0.5, 0.6) is 0 Å². The van der Waals surface area contributed by atoms with E-state index >= 15 is 0 Å². The van der Waals surface area contributed by atoms with Crippen LogP contribution < -0.4 is 23.0 Å². The summed E-state index contributed by atoms with van der Waals surface area (Å²) < 4.78 is 1.05. The van der Waals surface area contributed by atoms with Gasteiger partial charge in [0.15, 0.2) is 0 Å². The fourth-order valence-electron chi connectivity index (χ4n) is 2.29. The molecule has 0 spiro atoms. The van der Waals surface area contributed by atoms with Crippen molar-refractivity contribution in [2.24, 2.45) is 0 Å². The Labute approximate surface area is 110 Å². The predicted molar refractivity (Wildman–Crippen MR) is 69.5 cm³/mol. The first-order valence-electron chi connectivity index (χ1n) is 5.88. The Balaban J connectivity index is 0.00000144. The highest BCUT2D eigenvalue weighted by atomic mass is 35.5. The van der Waals surface area contributed by atoms with Gasteiger partial charge in [0.25, 0.3) is 0 Å². The summed E-state index contributed by atoms with van der Waals surface area (Å²) in [5.41, 5.74) is 7.84. The molecule has 1 heterocycles. The predicted octanol–water partition coefficient (Wildman–Crippen LogP) is -1.44. The number of nitrogens with zero attached hydrogens (tertiary/aromatic N) is 2. The maximum atomic E-state index is 5.70. The first-order valence-corrected chi connectivity index (χ1v) is 5.88. The van der Waals surface area contributed by atoms with Gasteiger partial charge in [0.1, 0.15) is 6.04 Å². The molecule has 0 aliphatic carbocycles. The molecule has 0 saturated carbocycles. The molecule has 0 aromatic heterocycles. The fraction of sp³-hybridized carbons (Fsp3) is 0.538. The van der Waals surface area contributed by atoms with Gasteiger partial charge >= 0.3 is 0 Å². The molecule has 0 radical (unpaired) electrons. The second-order valence-electron chi connectivity index (χ2n) is 5.60. The highest BCUT2D eigenvalue weighted by Crippen LogP contribution is 2.24. The van der Waals surface area contributed by atoms with Crippen LogP contribution in [0.2, 0.25) is 0 Å². The molecule has 1 aromatic carbocycles. The number of rotatable bonds is 2. The Kier molecular flexibility index (Phi) is 4.28. The third-order valence-corrected chi connectivity index (χ3v) is 3.52. The van der Waals surface area contributed by atoms with E-state index in [4.69, 9.17) is 5.73 Å². The summed E-state index contributed by atoms with van der Waals surface area (Å²) in [6, 6.07) is 8.93. The first kappa shape index (κ1) is 14.1. The lowest BCUT2D eigenvalue weighted by Crippen LogP contribution is -3.00. The average molecular weight is 256 g/mol. The highest BCUT2D eigenvalue weighted by molar-refractivity contribution is 5.53. The zero-order valence-corrected chi connectivity index (χ0v) is 11.6. The van der Waals surface area contributed by atoms with Crippen LogP contribution in [0.1, 0.15) is 6.42 Å². The minimum atomic E-state index is 0. The van der Waals surface area contributed by atoms with E-state index in [0.29, 0.717) is 0 Å². The molecule has 4 heteroatoms. The summed E-state index contributed by atoms with van der Waals surface area (Å²) in [5, 5.41) is 0. The largest absolute Gasteiger partial charge is 1.00 e. The minimum absolute atomic E-state index is 0. The summed E-state index contributed by atoms with van der Waals surface area (Å²) >= 11 is 0. The SMILES string of the molecule is C[N+](C)(C)C1CCN(c2ccc(N)cc2)C1.[Cl-]. The molecule has 2 N–H and O–H groups in total. The van der Waals surface area contributed by atoms with Crippen LogP contribution >= 0.6 is 0 Å². The van der Waals surface area contributed by atoms with Crippen molar-refractivity contribution in [3.8, 4) is 0 Å². The van der Waals surface area contributed by atoms with Crippen LogP contribution in [-0.4, -0.2) is 44.8 Å². The normalized spacial score (nSPS) is 20.2. The van der Waals surface area contributed by atoms with Crippen molar-refractivity contribution in [3.63, 3.8) is 0 Å². The summed E-state index contributed by atoms with van der Waals surface area (Å²) in [6.45, 7) is 2.30. The van der Waals surface area contributed by atoms with Gasteiger partial charge in [-0.3, -0.25) is 0 Å². The Morgan fingerprint density at radius 1 is 1.18 bits per heavy atom. The number of nitrogen functional groups attached to an aromatic ring is 1. The highest BCUT2D eigenvalue weighted by Gasteiger charge is 2.32. The standard InChI is InChI=1S/C13H22N3.ClH/c1-16(2,3)13-8-9-15(10-13)12-6-4-11(14)5-7-12;/h4-7,13H,8-10,14H2,1-3H3;1H/q+1;/p-1. The number of anilines is 2. The second-order valence-corrected chi connectivity index (χ2v) is 5.60. The smallest absolute Gasteiger partial charge is 0.108 e. The molecule has 1 unspecified atom stereocenters. The van der Waals surface area contributed by atoms with E-state index in [1.54, 1.807) is 0 Å². The van der Waals surface area contributed by atoms with E-state index in [2.05, 4.69) is 38.2 Å². The van der Waals surface area contributed by atoms with Gasteiger partial charge in [-0.1, -0.05) is 0 Å². The molecule has 1 atom stereocenters. The van der Waals surface area contributed by atoms with Gasteiger partial charge in [0.2, 0.25) is 0 Å². The quantitative estimate of drug-likeness (QED) is 0.518. The van der Waals surface area contributed by atoms with Gasteiger partial charge < -0.3 is 27.5 Å². The van der Waals surface area contributed by atoms with Crippen molar-refractivity contribution in [1.29, 1.82) is 0 Å². The summed E-state index contributed by atoms with van der Waals surface area (Å²) in [6.07, 6.45) is 1.27. The van der Waals surface area contributed by atoms with Crippen molar-refractivity contribution >= 4 is 11.4 Å². The monoisotopic (exact) mass is 255 g/mol. The van der Waals surface area contributed by atoms with Crippen molar-refractivity contribution in [1.82, 2.24) is 0 Å². The van der Waals surface area contributed by atoms with Crippen LogP contribution in [0.3, 0.4) is 0 Å². The first-order chi connectivity index (χ1) is 7.47. The van der Waals surface area contributed by atoms with Gasteiger partial charge in [0, 0.05) is 24.3 Å². The lowest BCUT2D eigenvalue weighted by atomic mass is 10.2. The van der Waals surface area contributed by atoms with Crippen molar-refractivity contribution in [2.45, 2.75) is 12.5 Å². The van der Waals surface area contributed by atoms with Crippen molar-refractivity contribution in [3.05, 3.63) is 24.3 Å². The minimum Gasteiger partial charge on any atom is -1.00 e. The van der Waals surface area contributed by atoms with Gasteiger partial charge in [-0.25, -0.2) is 0 Å². The second kappa shape index (κ2) is 5.15. The Bertz CT molecular complexity index is 356. The molecular formula is C13H22ClN3. The summed E-state index contributed by atoms with van der Waals surface area (Å²) in [7, 11) is 6.82. The molecule has 1 aliphatic heterocycles. The maximum absolute atomic E-state index is 5.70. The maximum Gasteiger partial charge on any atom is 0.108 e. The lowest BCUT2D eigenvalue weighted by Gasteiger charge is -2.31. The molecule has 96 valence electrons. The van der Waals surface area contributed by atoms with E-state index in [-0.39, 0.29) is 12.4 Å². The van der Waals surface area contributed by atoms with E-state index in [0.717, 1.165) is 29.3 Å². The molecular weight excluding hydrogens is 234 g/mol.